The lowest BCUT2D eigenvalue weighted by molar-refractivity contribution is 0.0305. The minimum Gasteiger partial charge on any atom is -0.385 e. The predicted molar refractivity (Wildman–Crippen MR) is 83.9 cm³/mol. The van der Waals surface area contributed by atoms with Gasteiger partial charge in [0.25, 0.3) is 0 Å². The smallest absolute Gasteiger partial charge is 0.0375 e. The molecule has 20 heavy (non-hydrogen) atoms. The van der Waals surface area contributed by atoms with E-state index in [9.17, 15) is 0 Å². The summed E-state index contributed by atoms with van der Waals surface area (Å²) in [6.07, 6.45) is 9.60. The van der Waals surface area contributed by atoms with E-state index in [4.69, 9.17) is 5.73 Å². The lowest BCUT2D eigenvalue weighted by Gasteiger charge is -2.51. The Morgan fingerprint density at radius 1 is 1.05 bits per heavy atom. The number of hydrogen-bond acceptors (Lipinski definition) is 2. The van der Waals surface area contributed by atoms with Gasteiger partial charge in [-0.2, -0.15) is 0 Å². The van der Waals surface area contributed by atoms with Crippen LogP contribution in [-0.4, -0.2) is 12.6 Å². The van der Waals surface area contributed by atoms with Crippen LogP contribution in [0.3, 0.4) is 0 Å². The number of benzene rings is 1. The Bertz CT molecular complexity index is 480. The van der Waals surface area contributed by atoms with Gasteiger partial charge >= 0.3 is 0 Å². The van der Waals surface area contributed by atoms with Crippen molar-refractivity contribution in [3.8, 4) is 0 Å². The summed E-state index contributed by atoms with van der Waals surface area (Å²) in [7, 11) is 0. The van der Waals surface area contributed by atoms with Crippen LogP contribution in [0.5, 0.6) is 0 Å². The molecule has 1 heterocycles. The third-order valence-corrected chi connectivity index (χ3v) is 6.18. The minimum absolute atomic E-state index is 0.506. The summed E-state index contributed by atoms with van der Waals surface area (Å²) in [6.45, 7) is 1.15. The second kappa shape index (κ2) is 4.77. The number of rotatable bonds is 1. The molecule has 1 aromatic rings. The molecular formula is C18H26N2. The molecule has 2 saturated carbocycles. The van der Waals surface area contributed by atoms with Crippen LogP contribution in [0.2, 0.25) is 0 Å². The van der Waals surface area contributed by atoms with Gasteiger partial charge in [0.1, 0.15) is 0 Å². The number of hydrogen-bond donors (Lipinski definition) is 2. The average Bonchev–Trinajstić information content (AvgIpc) is 2.46. The van der Waals surface area contributed by atoms with Crippen LogP contribution < -0.4 is 11.1 Å². The molecule has 2 nitrogen and oxygen atoms in total. The fraction of sp³-hybridized carbons (Fsp3) is 0.667. The molecule has 0 amide bonds. The molecular weight excluding hydrogens is 244 g/mol. The molecule has 1 atom stereocenters. The third kappa shape index (κ3) is 2.05. The maximum Gasteiger partial charge on any atom is 0.0375 e. The number of para-hydroxylation sites is 1. The van der Waals surface area contributed by atoms with Gasteiger partial charge in [-0.1, -0.05) is 18.2 Å². The Hall–Kier alpha value is -1.02. The van der Waals surface area contributed by atoms with Crippen LogP contribution in [-0.2, 0) is 0 Å². The summed E-state index contributed by atoms with van der Waals surface area (Å²) in [5.41, 5.74) is 9.63. The van der Waals surface area contributed by atoms with Gasteiger partial charge in [0.2, 0.25) is 0 Å². The molecule has 2 aliphatic carbocycles. The van der Waals surface area contributed by atoms with Crippen molar-refractivity contribution >= 4 is 5.69 Å². The molecule has 0 radical (unpaired) electrons. The van der Waals surface area contributed by atoms with Crippen LogP contribution >= 0.6 is 0 Å². The third-order valence-electron chi connectivity index (χ3n) is 6.18. The number of nitrogens with two attached hydrogens (primary N) is 1. The molecule has 0 bridgehead atoms. The average molecular weight is 270 g/mol. The van der Waals surface area contributed by atoms with E-state index in [1.165, 1.54) is 50.6 Å². The standard InChI is InChI=1S/C18H26N2/c19-14-11-18(12-14)8-5-13(6-9-18)15-7-10-20-17-4-2-1-3-16(15)17/h1-4,13-15,20H,5-12,19H2. The van der Waals surface area contributed by atoms with Crippen LogP contribution in [0.1, 0.15) is 56.4 Å². The van der Waals surface area contributed by atoms with E-state index < -0.39 is 0 Å². The second-order valence-electron chi connectivity index (χ2n) is 7.41. The van der Waals surface area contributed by atoms with Gasteiger partial charge in [0, 0.05) is 18.3 Å². The number of nitrogens with one attached hydrogen (secondary N) is 1. The second-order valence-corrected chi connectivity index (χ2v) is 7.41. The zero-order valence-corrected chi connectivity index (χ0v) is 12.3. The van der Waals surface area contributed by atoms with Crippen molar-refractivity contribution in [2.75, 3.05) is 11.9 Å². The maximum absolute atomic E-state index is 6.02. The van der Waals surface area contributed by atoms with Gasteiger partial charge in [-0.15, -0.1) is 0 Å². The summed E-state index contributed by atoms with van der Waals surface area (Å²) in [5.74, 6) is 1.69. The molecule has 1 aliphatic heterocycles. The molecule has 2 fully saturated rings. The summed E-state index contributed by atoms with van der Waals surface area (Å²) >= 11 is 0. The Labute approximate surface area is 122 Å². The van der Waals surface area contributed by atoms with Crippen LogP contribution in [0, 0.1) is 11.3 Å². The highest BCUT2D eigenvalue weighted by Crippen LogP contribution is 2.55. The van der Waals surface area contributed by atoms with Crippen LogP contribution in [0.25, 0.3) is 0 Å². The first kappa shape index (κ1) is 12.7. The molecule has 0 saturated heterocycles. The highest BCUT2D eigenvalue weighted by Gasteiger charge is 2.45. The first-order chi connectivity index (χ1) is 9.76. The van der Waals surface area contributed by atoms with E-state index in [1.54, 1.807) is 5.56 Å². The van der Waals surface area contributed by atoms with E-state index >= 15 is 0 Å². The Kier molecular flexibility index (Phi) is 3.03. The zero-order chi connectivity index (χ0) is 13.6. The minimum atomic E-state index is 0.506. The van der Waals surface area contributed by atoms with Crippen molar-refractivity contribution < 1.29 is 0 Å². The lowest BCUT2D eigenvalue weighted by atomic mass is 9.55. The number of anilines is 1. The monoisotopic (exact) mass is 270 g/mol. The fourth-order valence-electron chi connectivity index (χ4n) is 5.10. The van der Waals surface area contributed by atoms with Crippen LogP contribution in [0.4, 0.5) is 5.69 Å². The Morgan fingerprint density at radius 3 is 2.55 bits per heavy atom. The van der Waals surface area contributed by atoms with Gasteiger partial charge in [-0.3, -0.25) is 0 Å². The largest absolute Gasteiger partial charge is 0.385 e. The first-order valence-corrected chi connectivity index (χ1v) is 8.34. The van der Waals surface area contributed by atoms with Crippen molar-refractivity contribution in [2.24, 2.45) is 17.1 Å². The van der Waals surface area contributed by atoms with E-state index in [-0.39, 0.29) is 0 Å². The number of fused-ring (bicyclic) bond motifs is 1. The summed E-state index contributed by atoms with van der Waals surface area (Å²) in [5, 5.41) is 3.56. The summed E-state index contributed by atoms with van der Waals surface area (Å²) < 4.78 is 0. The van der Waals surface area contributed by atoms with E-state index in [0.717, 1.165) is 18.4 Å². The molecule has 1 spiro atoms. The van der Waals surface area contributed by atoms with Crippen molar-refractivity contribution in [1.82, 2.24) is 0 Å². The van der Waals surface area contributed by atoms with Crippen molar-refractivity contribution in [3.05, 3.63) is 29.8 Å². The van der Waals surface area contributed by atoms with Gasteiger partial charge in [-0.25, -0.2) is 0 Å². The maximum atomic E-state index is 6.02. The molecule has 3 N–H and O–H groups in total. The Balaban J connectivity index is 1.48. The molecule has 4 rings (SSSR count). The van der Waals surface area contributed by atoms with Gasteiger partial charge < -0.3 is 11.1 Å². The molecule has 1 aromatic carbocycles. The normalized spacial score (nSPS) is 39.8. The van der Waals surface area contributed by atoms with Crippen molar-refractivity contribution in [2.45, 2.75) is 56.9 Å². The molecule has 108 valence electrons. The van der Waals surface area contributed by atoms with Crippen molar-refractivity contribution in [1.29, 1.82) is 0 Å². The van der Waals surface area contributed by atoms with E-state index in [1.807, 2.05) is 0 Å². The lowest BCUT2D eigenvalue weighted by Crippen LogP contribution is -2.48. The topological polar surface area (TPSA) is 38.0 Å². The molecule has 1 unspecified atom stereocenters. The predicted octanol–water partition coefficient (Wildman–Crippen LogP) is 3.88. The van der Waals surface area contributed by atoms with Gasteiger partial charge in [0.15, 0.2) is 0 Å². The van der Waals surface area contributed by atoms with Gasteiger partial charge in [0.05, 0.1) is 0 Å². The fourth-order valence-corrected chi connectivity index (χ4v) is 5.10. The Morgan fingerprint density at radius 2 is 1.80 bits per heavy atom. The summed E-state index contributed by atoms with van der Waals surface area (Å²) in [4.78, 5) is 0. The van der Waals surface area contributed by atoms with E-state index in [0.29, 0.717) is 11.5 Å². The molecule has 0 aromatic heterocycles. The van der Waals surface area contributed by atoms with Crippen LogP contribution in [0.15, 0.2) is 24.3 Å². The molecule has 3 aliphatic rings. The van der Waals surface area contributed by atoms with E-state index in [2.05, 4.69) is 29.6 Å². The first-order valence-electron chi connectivity index (χ1n) is 8.34. The van der Waals surface area contributed by atoms with Crippen molar-refractivity contribution in [3.63, 3.8) is 0 Å². The van der Waals surface area contributed by atoms with Gasteiger partial charge in [-0.05, 0) is 73.8 Å². The highest BCUT2D eigenvalue weighted by atomic mass is 14.9. The highest BCUT2D eigenvalue weighted by molar-refractivity contribution is 5.54. The quantitative estimate of drug-likeness (QED) is 0.812. The SMILES string of the molecule is NC1CC2(CCC(C3CCNc4ccccc43)CC2)C1. The molecule has 2 heteroatoms. The zero-order valence-electron chi connectivity index (χ0n) is 12.3. The summed E-state index contributed by atoms with van der Waals surface area (Å²) in [6, 6.07) is 9.45.